The monoisotopic (exact) mass is 187 g/mol. The molecule has 3 N–H and O–H groups in total. The number of H-pyrrole nitrogens is 2. The van der Waals surface area contributed by atoms with Crippen molar-refractivity contribution in [3.63, 3.8) is 0 Å². The van der Waals surface area contributed by atoms with Crippen molar-refractivity contribution >= 4 is 21.8 Å². The fourth-order valence-corrected chi connectivity index (χ4v) is 1.61. The molecule has 1 aromatic carbocycles. The van der Waals surface area contributed by atoms with Crippen molar-refractivity contribution in [1.82, 2.24) is 10.2 Å². The first kappa shape index (κ1) is 8.65. The van der Waals surface area contributed by atoms with Gasteiger partial charge in [0, 0.05) is 10.8 Å². The van der Waals surface area contributed by atoms with E-state index in [0.29, 0.717) is 0 Å². The van der Waals surface area contributed by atoms with E-state index in [4.69, 9.17) is 0 Å². The molecule has 0 radical (unpaired) electrons. The van der Waals surface area contributed by atoms with Gasteiger partial charge < -0.3 is 5.48 Å². The maximum absolute atomic E-state index is 4.00. The maximum Gasteiger partial charge on any atom is 0.249 e. The highest BCUT2D eigenvalue weighted by Crippen LogP contribution is 2.18. The number of nitrogens with zero attached hydrogens (tertiary/aromatic N) is 1. The highest BCUT2D eigenvalue weighted by atomic mass is 16.0. The van der Waals surface area contributed by atoms with E-state index < -0.39 is 0 Å². The maximum atomic E-state index is 4.00. The molecule has 70 valence electrons. The van der Waals surface area contributed by atoms with Gasteiger partial charge >= 0.3 is 0 Å². The van der Waals surface area contributed by atoms with Crippen molar-refractivity contribution in [2.75, 3.05) is 0 Å². The Hall–Kier alpha value is -1.94. The molecule has 0 atom stereocenters. The molecule has 2 aromatic heterocycles. The minimum Gasteiger partial charge on any atom is -0.870 e. The third-order valence-corrected chi connectivity index (χ3v) is 2.25. The second-order valence-electron chi connectivity index (χ2n) is 3.03. The summed E-state index contributed by atoms with van der Waals surface area (Å²) in [7, 11) is 0. The number of aromatic amines is 2. The van der Waals surface area contributed by atoms with Crippen LogP contribution in [0.25, 0.3) is 21.8 Å². The topological polar surface area (TPSA) is 72.8 Å². The van der Waals surface area contributed by atoms with Gasteiger partial charge in [-0.25, -0.2) is 4.98 Å². The largest absolute Gasteiger partial charge is 0.870 e. The molecule has 2 heterocycles. The smallest absolute Gasteiger partial charge is 0.249 e. The van der Waals surface area contributed by atoms with Crippen LogP contribution in [0.1, 0.15) is 0 Å². The van der Waals surface area contributed by atoms with Gasteiger partial charge in [0.15, 0.2) is 6.20 Å². The van der Waals surface area contributed by atoms with Crippen molar-refractivity contribution in [3.8, 4) is 0 Å². The third-order valence-electron chi connectivity index (χ3n) is 2.25. The summed E-state index contributed by atoms with van der Waals surface area (Å²) in [5.74, 6) is 0. The Bertz CT molecular complexity index is 573. The predicted octanol–water partition coefficient (Wildman–Crippen LogP) is 1.35. The van der Waals surface area contributed by atoms with Crippen LogP contribution in [0, 0.1) is 0 Å². The quantitative estimate of drug-likeness (QED) is 0.577. The molecular weight excluding hydrogens is 178 g/mol. The van der Waals surface area contributed by atoms with Gasteiger partial charge in [0.1, 0.15) is 11.7 Å². The Morgan fingerprint density at radius 3 is 3.00 bits per heavy atom. The lowest BCUT2D eigenvalue weighted by Gasteiger charge is -1.92. The van der Waals surface area contributed by atoms with Gasteiger partial charge in [-0.2, -0.15) is 5.10 Å². The fourth-order valence-electron chi connectivity index (χ4n) is 1.61. The van der Waals surface area contributed by atoms with E-state index in [1.165, 1.54) is 10.8 Å². The molecule has 0 spiro atoms. The van der Waals surface area contributed by atoms with Crippen molar-refractivity contribution in [1.29, 1.82) is 0 Å². The Labute approximate surface area is 79.9 Å². The Morgan fingerprint density at radius 2 is 2.07 bits per heavy atom. The molecule has 4 nitrogen and oxygen atoms in total. The Kier molecular flexibility index (Phi) is 1.90. The van der Waals surface area contributed by atoms with Gasteiger partial charge in [-0.3, -0.25) is 5.10 Å². The number of benzene rings is 1. The molecule has 14 heavy (non-hydrogen) atoms. The Morgan fingerprint density at radius 1 is 1.21 bits per heavy atom. The van der Waals surface area contributed by atoms with Crippen LogP contribution in [0.15, 0.2) is 36.7 Å². The minimum absolute atomic E-state index is 0. The molecule has 0 saturated carbocycles. The summed E-state index contributed by atoms with van der Waals surface area (Å²) < 4.78 is 0. The number of pyridine rings is 1. The standard InChI is InChI=1S/C10H7N3.H2O/c1-2-4-8-7(3-1)5-11-9-6-12-13-10(8)9;/h1-6H,(H,12,13);1H2. The van der Waals surface area contributed by atoms with Crippen LogP contribution < -0.4 is 4.98 Å². The van der Waals surface area contributed by atoms with Crippen LogP contribution in [0.3, 0.4) is 0 Å². The summed E-state index contributed by atoms with van der Waals surface area (Å²) in [5.41, 5.74) is 2.11. The van der Waals surface area contributed by atoms with Gasteiger partial charge in [-0.05, 0) is 6.07 Å². The first-order chi connectivity index (χ1) is 6.45. The predicted molar refractivity (Wildman–Crippen MR) is 52.1 cm³/mol. The number of aromatic nitrogens is 3. The number of rotatable bonds is 0. The van der Waals surface area contributed by atoms with Crippen molar-refractivity contribution in [2.24, 2.45) is 0 Å². The highest BCUT2D eigenvalue weighted by Gasteiger charge is 2.06. The van der Waals surface area contributed by atoms with E-state index in [1.54, 1.807) is 6.20 Å². The van der Waals surface area contributed by atoms with E-state index in [2.05, 4.69) is 27.3 Å². The van der Waals surface area contributed by atoms with Crippen LogP contribution >= 0.6 is 0 Å². The first-order valence-corrected chi connectivity index (χ1v) is 4.18. The second kappa shape index (κ2) is 3.08. The van der Waals surface area contributed by atoms with Crippen LogP contribution in [-0.4, -0.2) is 15.7 Å². The number of hydrogen-bond donors (Lipinski definition) is 1. The summed E-state index contributed by atoms with van der Waals surface area (Å²) in [6, 6.07) is 8.22. The van der Waals surface area contributed by atoms with Gasteiger partial charge in [-0.15, -0.1) is 0 Å². The summed E-state index contributed by atoms with van der Waals surface area (Å²) in [6.07, 6.45) is 3.79. The van der Waals surface area contributed by atoms with E-state index in [-0.39, 0.29) is 5.48 Å². The lowest BCUT2D eigenvalue weighted by Crippen LogP contribution is -2.00. The summed E-state index contributed by atoms with van der Waals surface area (Å²) in [5, 5.41) is 9.37. The van der Waals surface area contributed by atoms with Crippen molar-refractivity contribution in [2.45, 2.75) is 0 Å². The fraction of sp³-hybridized carbons (Fsp3) is 0. The number of hydrogen-bond acceptors (Lipinski definition) is 2. The molecule has 3 aromatic rings. The zero-order valence-corrected chi connectivity index (χ0v) is 7.36. The molecule has 0 amide bonds. The average Bonchev–Trinajstić information content (AvgIpc) is 2.65. The van der Waals surface area contributed by atoms with E-state index in [0.717, 1.165) is 11.0 Å². The molecule has 0 aliphatic rings. The lowest BCUT2D eigenvalue weighted by atomic mass is 10.1. The van der Waals surface area contributed by atoms with Gasteiger partial charge in [0.25, 0.3) is 0 Å². The molecule has 3 rings (SSSR count). The molecule has 0 aliphatic carbocycles. The average molecular weight is 187 g/mol. The summed E-state index contributed by atoms with van der Waals surface area (Å²) >= 11 is 0. The first-order valence-electron chi connectivity index (χ1n) is 4.18. The van der Waals surface area contributed by atoms with E-state index in [9.17, 15) is 0 Å². The van der Waals surface area contributed by atoms with Gasteiger partial charge in [0.05, 0.1) is 0 Å². The molecule has 0 aliphatic heterocycles. The van der Waals surface area contributed by atoms with Crippen LogP contribution in [0.4, 0.5) is 0 Å². The molecule has 0 saturated heterocycles. The Balaban J connectivity index is 0.000000750. The molecule has 0 fully saturated rings. The molecule has 0 bridgehead atoms. The minimum atomic E-state index is 0. The molecular formula is C10H9N3O. The highest BCUT2D eigenvalue weighted by molar-refractivity contribution is 6.00. The number of nitrogens with one attached hydrogen (secondary N) is 2. The zero-order valence-electron chi connectivity index (χ0n) is 7.36. The van der Waals surface area contributed by atoms with Gasteiger partial charge in [0.2, 0.25) is 5.52 Å². The van der Waals surface area contributed by atoms with E-state index >= 15 is 0 Å². The van der Waals surface area contributed by atoms with Crippen LogP contribution in [0.2, 0.25) is 0 Å². The summed E-state index contributed by atoms with van der Waals surface area (Å²) in [4.78, 5) is 3.18. The molecule has 4 heteroatoms. The number of fused-ring (bicyclic) bond motifs is 3. The van der Waals surface area contributed by atoms with E-state index in [1.807, 2.05) is 18.3 Å². The van der Waals surface area contributed by atoms with Crippen LogP contribution in [0.5, 0.6) is 0 Å². The van der Waals surface area contributed by atoms with Gasteiger partial charge in [-0.1, -0.05) is 18.2 Å². The summed E-state index contributed by atoms with van der Waals surface area (Å²) in [6.45, 7) is 0. The zero-order chi connectivity index (χ0) is 8.67. The SMILES string of the molecule is [OH-].c1ccc2c(c1)c[nH+]c1cn[nH]c12. The van der Waals surface area contributed by atoms with Crippen molar-refractivity contribution < 1.29 is 10.5 Å². The normalized spacial score (nSPS) is 10.3. The lowest BCUT2D eigenvalue weighted by molar-refractivity contribution is -0.342. The van der Waals surface area contributed by atoms with Crippen LogP contribution in [-0.2, 0) is 0 Å². The van der Waals surface area contributed by atoms with Crippen molar-refractivity contribution in [3.05, 3.63) is 36.7 Å². The molecule has 0 unspecified atom stereocenters. The third kappa shape index (κ3) is 1.05. The second-order valence-corrected chi connectivity index (χ2v) is 3.03.